The molecule has 50 heavy (non-hydrogen) atoms. The molecule has 8 bridgehead atoms. The summed E-state index contributed by atoms with van der Waals surface area (Å²) in [6.45, 7) is 4.58. The molecule has 0 unspecified atom stereocenters. The summed E-state index contributed by atoms with van der Waals surface area (Å²) in [4.78, 5) is 31.1. The molecule has 264 valence electrons. The second-order valence-corrected chi connectivity index (χ2v) is 16.6. The van der Waals surface area contributed by atoms with Crippen LogP contribution in [0.25, 0.3) is 0 Å². The Morgan fingerprint density at radius 1 is 0.520 bits per heavy atom. The van der Waals surface area contributed by atoms with Crippen LogP contribution in [0, 0.1) is 0 Å². The minimum absolute atomic E-state index is 0.263. The lowest BCUT2D eigenvalue weighted by Crippen LogP contribution is -2.13. The largest absolute Gasteiger partial charge is 0.491 e. The molecule has 4 aromatic rings. The van der Waals surface area contributed by atoms with Crippen LogP contribution in [0.4, 0.5) is 0 Å². The van der Waals surface area contributed by atoms with Gasteiger partial charge in [0.2, 0.25) is 0 Å². The van der Waals surface area contributed by atoms with E-state index in [1.807, 2.05) is 60.7 Å². The first kappa shape index (κ1) is 38.6. The molecule has 8 nitrogen and oxygen atoms in total. The highest BCUT2D eigenvalue weighted by molar-refractivity contribution is 9.10. The number of rotatable bonds is 12. The minimum Gasteiger partial charge on any atom is -0.491 e. The van der Waals surface area contributed by atoms with Gasteiger partial charge in [0.15, 0.2) is 13.2 Å². The molecular formula is C36H34Br2O8S4. The standard InChI is InChI=1S/C36H34Br2O8S4/c1-5-13-43-33-23-9-7-10-24(33)48-28-16-22(38)18-30(36(28)46-20-32(40)42-4)50-26-12-8-11-25(34(26)44-14-6-2)49-29-17-21(37)15-27(47-23)35(29)45-19-31(39)41-3/h7-12,15-18H,5-6,13-14,19-20H2,1-4H3. The SMILES string of the molecule is CCCOc1c2cccc1Sc1cc(Br)cc(c1OCC(=O)OC)Sc1cccc(c1OCCC)Sc1cc(Br)cc(c1OCC(=O)OC)S2. The summed E-state index contributed by atoms with van der Waals surface area (Å²) in [6, 6.07) is 19.8. The van der Waals surface area contributed by atoms with Crippen LogP contribution in [0.2, 0.25) is 0 Å². The maximum absolute atomic E-state index is 12.3. The number of hydrogen-bond acceptors (Lipinski definition) is 12. The Bertz CT molecular complexity index is 1630. The van der Waals surface area contributed by atoms with Crippen molar-refractivity contribution in [3.05, 3.63) is 69.6 Å². The van der Waals surface area contributed by atoms with Gasteiger partial charge in [-0.05, 0) is 61.4 Å². The molecule has 4 aromatic carbocycles. The molecule has 14 heteroatoms. The van der Waals surface area contributed by atoms with E-state index in [0.717, 1.165) is 61.0 Å². The third-order valence-electron chi connectivity index (χ3n) is 6.76. The molecule has 0 saturated carbocycles. The molecule has 0 amide bonds. The Balaban J connectivity index is 1.78. The zero-order chi connectivity index (χ0) is 35.6. The van der Waals surface area contributed by atoms with Crippen LogP contribution in [-0.4, -0.2) is 52.6 Å². The van der Waals surface area contributed by atoms with Crippen molar-refractivity contribution in [2.24, 2.45) is 0 Å². The lowest BCUT2D eigenvalue weighted by molar-refractivity contribution is -0.143. The third kappa shape index (κ3) is 9.82. The van der Waals surface area contributed by atoms with Gasteiger partial charge in [-0.2, -0.15) is 0 Å². The number of carbonyl (C=O) groups is 2. The van der Waals surface area contributed by atoms with Gasteiger partial charge in [0.05, 0.1) is 66.6 Å². The first-order valence-electron chi connectivity index (χ1n) is 15.5. The monoisotopic (exact) mass is 880 g/mol. The summed E-state index contributed by atoms with van der Waals surface area (Å²) in [7, 11) is 2.67. The van der Waals surface area contributed by atoms with Gasteiger partial charge in [-0.25, -0.2) is 9.59 Å². The van der Waals surface area contributed by atoms with Crippen LogP contribution < -0.4 is 18.9 Å². The highest BCUT2D eigenvalue weighted by Crippen LogP contribution is 2.54. The van der Waals surface area contributed by atoms with Crippen LogP contribution in [0.3, 0.4) is 0 Å². The van der Waals surface area contributed by atoms with E-state index in [1.165, 1.54) is 61.3 Å². The number of fused-ring (bicyclic) bond motifs is 8. The maximum atomic E-state index is 12.3. The first-order chi connectivity index (χ1) is 24.2. The Morgan fingerprint density at radius 2 is 0.820 bits per heavy atom. The third-order valence-corrected chi connectivity index (χ3v) is 11.9. The smallest absolute Gasteiger partial charge is 0.343 e. The first-order valence-corrected chi connectivity index (χ1v) is 20.4. The van der Waals surface area contributed by atoms with Crippen LogP contribution in [0.5, 0.6) is 23.0 Å². The molecule has 0 aromatic heterocycles. The van der Waals surface area contributed by atoms with E-state index in [9.17, 15) is 9.59 Å². The highest BCUT2D eigenvalue weighted by atomic mass is 79.9. The Kier molecular flexibility index (Phi) is 14.5. The van der Waals surface area contributed by atoms with Crippen molar-refractivity contribution in [2.75, 3.05) is 40.6 Å². The predicted octanol–water partition coefficient (Wildman–Crippen LogP) is 10.8. The van der Waals surface area contributed by atoms with Crippen molar-refractivity contribution >= 4 is 90.8 Å². The van der Waals surface area contributed by atoms with Gasteiger partial charge < -0.3 is 28.4 Å². The Hall–Kier alpha value is -2.62. The van der Waals surface area contributed by atoms with Crippen molar-refractivity contribution in [1.29, 1.82) is 0 Å². The second kappa shape index (κ2) is 18.7. The van der Waals surface area contributed by atoms with Crippen molar-refractivity contribution < 1.29 is 38.0 Å². The topological polar surface area (TPSA) is 89.5 Å². The molecule has 0 atom stereocenters. The van der Waals surface area contributed by atoms with Gasteiger partial charge in [0.1, 0.15) is 23.0 Å². The van der Waals surface area contributed by atoms with Gasteiger partial charge in [-0.1, -0.05) is 105 Å². The summed E-state index contributed by atoms with van der Waals surface area (Å²) < 4.78 is 36.9. The maximum Gasteiger partial charge on any atom is 0.343 e. The van der Waals surface area contributed by atoms with Gasteiger partial charge >= 0.3 is 11.9 Å². The molecule has 1 heterocycles. The van der Waals surface area contributed by atoms with E-state index < -0.39 is 11.9 Å². The molecule has 0 radical (unpaired) electrons. The van der Waals surface area contributed by atoms with Crippen LogP contribution >= 0.6 is 78.9 Å². The number of para-hydroxylation sites is 2. The van der Waals surface area contributed by atoms with E-state index >= 15 is 0 Å². The lowest BCUT2D eigenvalue weighted by atomic mass is 10.3. The molecule has 0 N–H and O–H groups in total. The zero-order valence-electron chi connectivity index (χ0n) is 27.7. The number of benzene rings is 4. The molecule has 5 rings (SSSR count). The van der Waals surface area contributed by atoms with Gasteiger partial charge in [-0.15, -0.1) is 0 Å². The summed E-state index contributed by atoms with van der Waals surface area (Å²) in [6.07, 6.45) is 1.61. The van der Waals surface area contributed by atoms with Gasteiger partial charge in [0.25, 0.3) is 0 Å². The normalized spacial score (nSPS) is 12.1. The average molecular weight is 883 g/mol. The van der Waals surface area contributed by atoms with E-state index in [-0.39, 0.29) is 13.2 Å². The molecule has 0 spiro atoms. The quantitative estimate of drug-likeness (QED) is 0.112. The number of hydrogen-bond donors (Lipinski definition) is 0. The zero-order valence-corrected chi connectivity index (χ0v) is 34.1. The highest BCUT2D eigenvalue weighted by Gasteiger charge is 2.25. The van der Waals surface area contributed by atoms with Crippen molar-refractivity contribution in [2.45, 2.75) is 65.9 Å². The van der Waals surface area contributed by atoms with Crippen molar-refractivity contribution in [3.8, 4) is 23.0 Å². The summed E-state index contributed by atoms with van der Waals surface area (Å²) >= 11 is 13.4. The second-order valence-electron chi connectivity index (χ2n) is 10.5. The minimum atomic E-state index is -0.491. The number of ether oxygens (including phenoxy) is 6. The van der Waals surface area contributed by atoms with Crippen LogP contribution in [-0.2, 0) is 19.1 Å². The molecule has 1 aliphatic rings. The number of methoxy groups -OCH3 is 2. The molecular weight excluding hydrogens is 848 g/mol. The van der Waals surface area contributed by atoms with Crippen LogP contribution in [0.1, 0.15) is 26.7 Å². The molecule has 1 aliphatic heterocycles. The molecule has 0 fully saturated rings. The fraction of sp³-hybridized carbons (Fsp3) is 0.278. The van der Waals surface area contributed by atoms with E-state index in [4.69, 9.17) is 28.4 Å². The van der Waals surface area contributed by atoms with E-state index in [1.54, 1.807) is 0 Å². The fourth-order valence-corrected chi connectivity index (χ4v) is 10.7. The number of halogens is 2. The lowest BCUT2D eigenvalue weighted by Gasteiger charge is -2.22. The van der Waals surface area contributed by atoms with Crippen molar-refractivity contribution in [1.82, 2.24) is 0 Å². The van der Waals surface area contributed by atoms with E-state index in [0.29, 0.717) is 36.2 Å². The summed E-state index contributed by atoms with van der Waals surface area (Å²) in [5.74, 6) is 1.47. The Labute approximate surface area is 325 Å². The van der Waals surface area contributed by atoms with Gasteiger partial charge in [-0.3, -0.25) is 0 Å². The number of esters is 2. The molecule has 0 saturated heterocycles. The van der Waals surface area contributed by atoms with E-state index in [2.05, 4.69) is 45.7 Å². The van der Waals surface area contributed by atoms with Gasteiger partial charge in [0, 0.05) is 8.95 Å². The summed E-state index contributed by atoms with van der Waals surface area (Å²) in [5, 5.41) is 0. The van der Waals surface area contributed by atoms with Crippen molar-refractivity contribution in [3.63, 3.8) is 0 Å². The molecule has 0 aliphatic carbocycles. The summed E-state index contributed by atoms with van der Waals surface area (Å²) in [5.41, 5.74) is 0. The Morgan fingerprint density at radius 3 is 1.10 bits per heavy atom. The van der Waals surface area contributed by atoms with Crippen LogP contribution in [0.15, 0.2) is 109 Å². The average Bonchev–Trinajstić information content (AvgIpc) is 3.09. The fourth-order valence-electron chi connectivity index (χ4n) is 4.54. The number of carbonyl (C=O) groups excluding carboxylic acids is 2. The predicted molar refractivity (Wildman–Crippen MR) is 204 cm³/mol.